The van der Waals surface area contributed by atoms with Crippen LogP contribution < -0.4 is 10.6 Å². The minimum Gasteiger partial charge on any atom is -0.379 e. The van der Waals surface area contributed by atoms with Crippen molar-refractivity contribution < 1.29 is 22.7 Å². The van der Waals surface area contributed by atoms with E-state index in [1.165, 1.54) is 35.7 Å². The van der Waals surface area contributed by atoms with Crippen LogP contribution in [0.3, 0.4) is 0 Å². The average Bonchev–Trinajstić information content (AvgIpc) is 2.73. The third kappa shape index (κ3) is 6.15. The molecule has 1 aromatic carbocycles. The van der Waals surface area contributed by atoms with Crippen LogP contribution in [0.4, 0.5) is 10.5 Å². The largest absolute Gasteiger partial charge is 0.379 e. The highest BCUT2D eigenvalue weighted by Gasteiger charge is 2.26. The molecule has 2 aliphatic rings. The summed E-state index contributed by atoms with van der Waals surface area (Å²) in [7, 11) is -3.60. The fourth-order valence-electron chi connectivity index (χ4n) is 3.75. The predicted octanol–water partition coefficient (Wildman–Crippen LogP) is 2.42. The van der Waals surface area contributed by atoms with Gasteiger partial charge in [0.25, 0.3) is 0 Å². The molecule has 0 spiro atoms. The molecule has 0 aromatic heterocycles. The number of urea groups is 1. The number of nitrogens with one attached hydrogen (secondary N) is 2. The first-order chi connectivity index (χ1) is 14.0. The quantitative estimate of drug-likeness (QED) is 0.654. The lowest BCUT2D eigenvalue weighted by Crippen LogP contribution is -2.40. The number of nitrogens with zero attached hydrogens (tertiary/aromatic N) is 1. The van der Waals surface area contributed by atoms with Gasteiger partial charge in [0.2, 0.25) is 10.0 Å². The molecular weight excluding hydrogens is 394 g/mol. The van der Waals surface area contributed by atoms with Gasteiger partial charge in [0.1, 0.15) is 0 Å². The van der Waals surface area contributed by atoms with E-state index in [1.807, 2.05) is 0 Å². The molecule has 1 aliphatic heterocycles. The molecule has 0 bridgehead atoms. The van der Waals surface area contributed by atoms with E-state index in [-0.39, 0.29) is 17.0 Å². The van der Waals surface area contributed by atoms with E-state index in [0.29, 0.717) is 51.1 Å². The SMILES string of the molecule is CC1CCCCC1OCCNC(=O)Nc1cccc(S(=O)(=O)N2CCOCC2)c1. The van der Waals surface area contributed by atoms with Crippen molar-refractivity contribution in [2.75, 3.05) is 44.8 Å². The van der Waals surface area contributed by atoms with Crippen LogP contribution in [-0.2, 0) is 19.5 Å². The van der Waals surface area contributed by atoms with Crippen LogP contribution in [0.2, 0.25) is 0 Å². The molecular formula is C20H31N3O5S. The van der Waals surface area contributed by atoms with Crippen molar-refractivity contribution in [1.82, 2.24) is 9.62 Å². The van der Waals surface area contributed by atoms with Gasteiger partial charge in [-0.3, -0.25) is 0 Å². The number of carbonyl (C=O) groups is 1. The maximum absolute atomic E-state index is 12.7. The van der Waals surface area contributed by atoms with Gasteiger partial charge in [-0.1, -0.05) is 25.8 Å². The van der Waals surface area contributed by atoms with Crippen LogP contribution >= 0.6 is 0 Å². The summed E-state index contributed by atoms with van der Waals surface area (Å²) in [6.07, 6.45) is 5.02. The topological polar surface area (TPSA) is 97.0 Å². The highest BCUT2D eigenvalue weighted by Crippen LogP contribution is 2.26. The van der Waals surface area contributed by atoms with Crippen LogP contribution in [0.15, 0.2) is 29.2 Å². The number of hydrogen-bond acceptors (Lipinski definition) is 5. The molecule has 2 atom stereocenters. The number of ether oxygens (including phenoxy) is 2. The van der Waals surface area contributed by atoms with Crippen molar-refractivity contribution >= 4 is 21.7 Å². The molecule has 2 amide bonds. The van der Waals surface area contributed by atoms with Crippen LogP contribution in [0, 0.1) is 5.92 Å². The Bertz CT molecular complexity index is 780. The number of morpholine rings is 1. The lowest BCUT2D eigenvalue weighted by Gasteiger charge is -2.28. The second-order valence-corrected chi connectivity index (χ2v) is 9.53. The molecule has 3 rings (SSSR count). The zero-order valence-corrected chi connectivity index (χ0v) is 17.7. The Kier molecular flexibility index (Phi) is 7.88. The summed E-state index contributed by atoms with van der Waals surface area (Å²) in [5.41, 5.74) is 0.429. The van der Waals surface area contributed by atoms with E-state index in [0.717, 1.165) is 6.42 Å². The zero-order valence-electron chi connectivity index (χ0n) is 16.9. The van der Waals surface area contributed by atoms with Gasteiger partial charge in [-0.25, -0.2) is 13.2 Å². The first kappa shape index (κ1) is 22.0. The van der Waals surface area contributed by atoms with Gasteiger partial charge in [-0.05, 0) is 37.0 Å². The van der Waals surface area contributed by atoms with Gasteiger partial charge >= 0.3 is 6.03 Å². The van der Waals surface area contributed by atoms with Gasteiger partial charge in [0, 0.05) is 25.3 Å². The summed E-state index contributed by atoms with van der Waals surface area (Å²) < 4.78 is 38.0. The van der Waals surface area contributed by atoms with Crippen molar-refractivity contribution in [3.63, 3.8) is 0 Å². The maximum atomic E-state index is 12.7. The highest BCUT2D eigenvalue weighted by atomic mass is 32.2. The molecule has 1 aromatic rings. The van der Waals surface area contributed by atoms with Gasteiger partial charge in [-0.2, -0.15) is 4.31 Å². The summed E-state index contributed by atoms with van der Waals surface area (Å²) in [6, 6.07) is 5.91. The number of rotatable bonds is 7. The molecule has 2 unspecified atom stereocenters. The minimum atomic E-state index is -3.60. The number of sulfonamides is 1. The van der Waals surface area contributed by atoms with Crippen molar-refractivity contribution in [3.05, 3.63) is 24.3 Å². The number of amides is 2. The standard InChI is InChI=1S/C20H31N3O5S/c1-16-5-2-3-8-19(16)28-12-9-21-20(24)22-17-6-4-7-18(15-17)29(25,26)23-10-13-27-14-11-23/h4,6-7,15-16,19H,2-3,5,8-14H2,1H3,(H2,21,22,24). The fourth-order valence-corrected chi connectivity index (χ4v) is 5.20. The van der Waals surface area contributed by atoms with E-state index in [1.54, 1.807) is 12.1 Å². The van der Waals surface area contributed by atoms with E-state index in [9.17, 15) is 13.2 Å². The Labute approximate surface area is 173 Å². The highest BCUT2D eigenvalue weighted by molar-refractivity contribution is 7.89. The predicted molar refractivity (Wildman–Crippen MR) is 110 cm³/mol. The summed E-state index contributed by atoms with van der Waals surface area (Å²) in [5, 5.41) is 5.45. The molecule has 0 radical (unpaired) electrons. The molecule has 1 saturated carbocycles. The average molecular weight is 426 g/mol. The molecule has 1 saturated heterocycles. The first-order valence-corrected chi connectivity index (χ1v) is 11.8. The van der Waals surface area contributed by atoms with Crippen molar-refractivity contribution in [1.29, 1.82) is 0 Å². The van der Waals surface area contributed by atoms with Crippen LogP contribution in [-0.4, -0.2) is 64.3 Å². The summed E-state index contributed by atoms with van der Waals surface area (Å²) in [4.78, 5) is 12.3. The van der Waals surface area contributed by atoms with Crippen molar-refractivity contribution in [3.8, 4) is 0 Å². The van der Waals surface area contributed by atoms with E-state index >= 15 is 0 Å². The van der Waals surface area contributed by atoms with Crippen LogP contribution in [0.5, 0.6) is 0 Å². The smallest absolute Gasteiger partial charge is 0.319 e. The number of carbonyl (C=O) groups excluding carboxylic acids is 1. The molecule has 2 N–H and O–H groups in total. The summed E-state index contributed by atoms with van der Waals surface area (Å²) in [6.45, 7) is 4.53. The van der Waals surface area contributed by atoms with E-state index < -0.39 is 10.0 Å². The molecule has 9 heteroatoms. The minimum absolute atomic E-state index is 0.159. The van der Waals surface area contributed by atoms with Crippen molar-refractivity contribution in [2.24, 2.45) is 5.92 Å². The second kappa shape index (κ2) is 10.4. The number of hydrogen-bond donors (Lipinski definition) is 2. The summed E-state index contributed by atoms with van der Waals surface area (Å²) >= 11 is 0. The van der Waals surface area contributed by atoms with E-state index in [2.05, 4.69) is 17.6 Å². The third-order valence-electron chi connectivity index (χ3n) is 5.45. The van der Waals surface area contributed by atoms with Crippen LogP contribution in [0.1, 0.15) is 32.6 Å². The Morgan fingerprint density at radius 1 is 1.24 bits per heavy atom. The van der Waals surface area contributed by atoms with Gasteiger partial charge in [0.05, 0.1) is 30.8 Å². The Morgan fingerprint density at radius 3 is 2.76 bits per heavy atom. The number of anilines is 1. The molecule has 8 nitrogen and oxygen atoms in total. The van der Waals surface area contributed by atoms with Crippen molar-refractivity contribution in [2.45, 2.75) is 43.6 Å². The van der Waals surface area contributed by atoms with E-state index in [4.69, 9.17) is 9.47 Å². The zero-order chi connectivity index (χ0) is 20.7. The Hall–Kier alpha value is -1.68. The van der Waals surface area contributed by atoms with Gasteiger partial charge in [-0.15, -0.1) is 0 Å². The first-order valence-electron chi connectivity index (χ1n) is 10.3. The lowest BCUT2D eigenvalue weighted by molar-refractivity contribution is -0.00232. The summed E-state index contributed by atoms with van der Waals surface area (Å²) in [5.74, 6) is 0.564. The molecule has 162 valence electrons. The Balaban J connectivity index is 1.47. The molecule has 1 aliphatic carbocycles. The fraction of sp³-hybridized carbons (Fsp3) is 0.650. The third-order valence-corrected chi connectivity index (χ3v) is 7.35. The normalized spacial score (nSPS) is 23.5. The lowest BCUT2D eigenvalue weighted by atomic mass is 9.88. The number of benzene rings is 1. The molecule has 1 heterocycles. The molecule has 2 fully saturated rings. The van der Waals surface area contributed by atoms with Gasteiger partial charge < -0.3 is 20.1 Å². The second-order valence-electron chi connectivity index (χ2n) is 7.60. The Morgan fingerprint density at radius 2 is 2.00 bits per heavy atom. The monoisotopic (exact) mass is 425 g/mol. The van der Waals surface area contributed by atoms with Gasteiger partial charge in [0.15, 0.2) is 0 Å². The maximum Gasteiger partial charge on any atom is 0.319 e. The molecule has 29 heavy (non-hydrogen) atoms. The van der Waals surface area contributed by atoms with Crippen LogP contribution in [0.25, 0.3) is 0 Å².